The van der Waals surface area contributed by atoms with Crippen LogP contribution < -0.4 is 5.32 Å². The summed E-state index contributed by atoms with van der Waals surface area (Å²) >= 11 is 3.60. The third kappa shape index (κ3) is 3.41. The van der Waals surface area contributed by atoms with Crippen molar-refractivity contribution in [1.29, 1.82) is 0 Å². The van der Waals surface area contributed by atoms with E-state index in [1.54, 1.807) is 0 Å². The molecule has 1 aliphatic rings. The molecule has 0 spiro atoms. The highest BCUT2D eigenvalue weighted by atomic mass is 79.9. The number of nitrogens with one attached hydrogen (secondary N) is 1. The fourth-order valence-electron chi connectivity index (χ4n) is 2.87. The van der Waals surface area contributed by atoms with Crippen LogP contribution in [-0.4, -0.2) is 19.1 Å². The number of carbonyl (C=O) groups excluding carboxylic acids is 1. The number of rotatable bonds is 5. The van der Waals surface area contributed by atoms with E-state index >= 15 is 0 Å². The molecule has 0 radical (unpaired) electrons. The first-order valence-electron chi connectivity index (χ1n) is 7.14. The maximum atomic E-state index is 11.9. The molecule has 0 aromatic heterocycles. The van der Waals surface area contributed by atoms with Crippen molar-refractivity contribution in [3.05, 3.63) is 33.8 Å². The van der Waals surface area contributed by atoms with E-state index in [-0.39, 0.29) is 18.1 Å². The predicted molar refractivity (Wildman–Crippen MR) is 83.6 cm³/mol. The maximum absolute atomic E-state index is 11.9. The zero-order valence-electron chi connectivity index (χ0n) is 12.3. The molecule has 0 fully saturated rings. The van der Waals surface area contributed by atoms with Crippen molar-refractivity contribution in [2.45, 2.75) is 45.2 Å². The molecule has 3 nitrogen and oxygen atoms in total. The molecule has 1 aliphatic carbocycles. The van der Waals surface area contributed by atoms with E-state index in [4.69, 9.17) is 4.74 Å². The Bertz CT molecular complexity index is 487. The maximum Gasteiger partial charge on any atom is 0.322 e. The lowest BCUT2D eigenvalue weighted by molar-refractivity contribution is -0.143. The number of fused-ring (bicyclic) bond motifs is 1. The highest BCUT2D eigenvalue weighted by Crippen LogP contribution is 2.36. The van der Waals surface area contributed by atoms with Crippen LogP contribution >= 0.6 is 15.9 Å². The van der Waals surface area contributed by atoms with Crippen molar-refractivity contribution in [2.24, 2.45) is 5.92 Å². The van der Waals surface area contributed by atoms with E-state index in [2.05, 4.69) is 53.3 Å². The van der Waals surface area contributed by atoms with E-state index < -0.39 is 0 Å². The lowest BCUT2D eigenvalue weighted by Crippen LogP contribution is -2.40. The monoisotopic (exact) mass is 339 g/mol. The van der Waals surface area contributed by atoms with E-state index in [1.807, 2.05) is 0 Å². The van der Waals surface area contributed by atoms with E-state index in [0.717, 1.165) is 23.7 Å². The summed E-state index contributed by atoms with van der Waals surface area (Å²) in [6.07, 6.45) is 2.88. The second kappa shape index (κ2) is 6.72. The first-order valence-corrected chi connectivity index (χ1v) is 7.93. The predicted octanol–water partition coefficient (Wildman–Crippen LogP) is 3.61. The molecule has 20 heavy (non-hydrogen) atoms. The second-order valence-electron chi connectivity index (χ2n) is 5.77. The van der Waals surface area contributed by atoms with Crippen LogP contribution in [-0.2, 0) is 16.0 Å². The van der Waals surface area contributed by atoms with Gasteiger partial charge in [-0.15, -0.1) is 0 Å². The minimum Gasteiger partial charge on any atom is -0.468 e. The molecule has 4 heteroatoms. The van der Waals surface area contributed by atoms with Crippen LogP contribution in [0.3, 0.4) is 0 Å². The SMILES string of the molecule is COC(=O)C(CC(C)C)NC1CCc2c(Br)cccc21. The zero-order chi connectivity index (χ0) is 14.7. The Morgan fingerprint density at radius 3 is 2.90 bits per heavy atom. The minimum absolute atomic E-state index is 0.165. The Hall–Kier alpha value is -0.870. The Balaban J connectivity index is 2.13. The van der Waals surface area contributed by atoms with Crippen LogP contribution in [0, 0.1) is 5.92 Å². The van der Waals surface area contributed by atoms with Gasteiger partial charge in [-0.3, -0.25) is 10.1 Å². The summed E-state index contributed by atoms with van der Waals surface area (Å²) in [5.74, 6) is 0.289. The molecular weight excluding hydrogens is 318 g/mol. The van der Waals surface area contributed by atoms with Crippen molar-refractivity contribution in [3.8, 4) is 0 Å². The summed E-state index contributed by atoms with van der Waals surface area (Å²) in [5.41, 5.74) is 2.66. The molecule has 0 bridgehead atoms. The van der Waals surface area contributed by atoms with Gasteiger partial charge in [-0.2, -0.15) is 0 Å². The number of esters is 1. The average Bonchev–Trinajstić information content (AvgIpc) is 2.81. The number of hydrogen-bond acceptors (Lipinski definition) is 3. The summed E-state index contributed by atoms with van der Waals surface area (Å²) in [6.45, 7) is 4.24. The Morgan fingerprint density at radius 2 is 2.25 bits per heavy atom. The molecule has 1 aromatic rings. The van der Waals surface area contributed by atoms with Gasteiger partial charge in [0.1, 0.15) is 6.04 Å². The van der Waals surface area contributed by atoms with Gasteiger partial charge in [0, 0.05) is 10.5 Å². The van der Waals surface area contributed by atoms with E-state index in [1.165, 1.54) is 18.2 Å². The molecule has 0 aliphatic heterocycles. The van der Waals surface area contributed by atoms with E-state index in [0.29, 0.717) is 5.92 Å². The molecule has 110 valence electrons. The van der Waals surface area contributed by atoms with Crippen molar-refractivity contribution >= 4 is 21.9 Å². The number of ether oxygens (including phenoxy) is 1. The molecular formula is C16H22BrNO2. The smallest absolute Gasteiger partial charge is 0.322 e. The van der Waals surface area contributed by atoms with Crippen molar-refractivity contribution in [3.63, 3.8) is 0 Å². The molecule has 0 saturated heterocycles. The summed E-state index contributed by atoms with van der Waals surface area (Å²) in [4.78, 5) is 11.9. The van der Waals surface area contributed by atoms with Crippen molar-refractivity contribution in [1.82, 2.24) is 5.32 Å². The highest BCUT2D eigenvalue weighted by molar-refractivity contribution is 9.10. The molecule has 2 atom stereocenters. The molecule has 0 amide bonds. The van der Waals surface area contributed by atoms with Gasteiger partial charge >= 0.3 is 5.97 Å². The summed E-state index contributed by atoms with van der Waals surface area (Å²) in [5, 5.41) is 3.49. The topological polar surface area (TPSA) is 38.3 Å². The summed E-state index contributed by atoms with van der Waals surface area (Å²) in [7, 11) is 1.45. The lowest BCUT2D eigenvalue weighted by Gasteiger charge is -2.23. The van der Waals surface area contributed by atoms with Gasteiger partial charge in [0.05, 0.1) is 7.11 Å². The summed E-state index contributed by atoms with van der Waals surface area (Å²) < 4.78 is 6.09. The Labute approximate surface area is 129 Å². The molecule has 2 rings (SSSR count). The second-order valence-corrected chi connectivity index (χ2v) is 6.63. The third-order valence-corrected chi connectivity index (χ3v) is 4.55. The van der Waals surface area contributed by atoms with Crippen LogP contribution in [0.15, 0.2) is 22.7 Å². The molecule has 1 aromatic carbocycles. The van der Waals surface area contributed by atoms with Gasteiger partial charge < -0.3 is 4.74 Å². The van der Waals surface area contributed by atoms with Gasteiger partial charge in [-0.25, -0.2) is 0 Å². The number of benzene rings is 1. The Kier molecular flexibility index (Phi) is 5.22. The fraction of sp³-hybridized carbons (Fsp3) is 0.562. The molecule has 0 saturated carbocycles. The van der Waals surface area contributed by atoms with Crippen LogP contribution in [0.5, 0.6) is 0 Å². The molecule has 0 heterocycles. The third-order valence-electron chi connectivity index (χ3n) is 3.81. The summed E-state index contributed by atoms with van der Waals surface area (Å²) in [6, 6.07) is 6.29. The number of methoxy groups -OCH3 is 1. The quantitative estimate of drug-likeness (QED) is 0.832. The molecule has 2 unspecified atom stereocenters. The van der Waals surface area contributed by atoms with Crippen LogP contribution in [0.2, 0.25) is 0 Å². The van der Waals surface area contributed by atoms with Gasteiger partial charge in [0.15, 0.2) is 0 Å². The van der Waals surface area contributed by atoms with Gasteiger partial charge in [-0.1, -0.05) is 41.9 Å². The van der Waals surface area contributed by atoms with E-state index in [9.17, 15) is 4.79 Å². The van der Waals surface area contributed by atoms with Gasteiger partial charge in [0.25, 0.3) is 0 Å². The number of halogens is 1. The minimum atomic E-state index is -0.227. The fourth-order valence-corrected chi connectivity index (χ4v) is 3.45. The zero-order valence-corrected chi connectivity index (χ0v) is 13.9. The van der Waals surface area contributed by atoms with Crippen LogP contribution in [0.1, 0.15) is 43.9 Å². The van der Waals surface area contributed by atoms with Gasteiger partial charge in [-0.05, 0) is 42.4 Å². The number of carbonyl (C=O) groups is 1. The standard InChI is InChI=1S/C16H22BrNO2/c1-10(2)9-15(16(19)20-3)18-14-8-7-11-12(14)5-4-6-13(11)17/h4-6,10,14-15,18H,7-9H2,1-3H3. The van der Waals surface area contributed by atoms with Crippen molar-refractivity contribution in [2.75, 3.05) is 7.11 Å². The number of hydrogen-bond donors (Lipinski definition) is 1. The average molecular weight is 340 g/mol. The highest BCUT2D eigenvalue weighted by Gasteiger charge is 2.29. The van der Waals surface area contributed by atoms with Crippen LogP contribution in [0.25, 0.3) is 0 Å². The lowest BCUT2D eigenvalue weighted by atomic mass is 10.0. The largest absolute Gasteiger partial charge is 0.468 e. The normalized spacial score (nSPS) is 18.9. The van der Waals surface area contributed by atoms with Crippen LogP contribution in [0.4, 0.5) is 0 Å². The first kappa shape index (κ1) is 15.5. The molecule has 1 N–H and O–H groups in total. The Morgan fingerprint density at radius 1 is 1.50 bits per heavy atom. The van der Waals surface area contributed by atoms with Crippen molar-refractivity contribution < 1.29 is 9.53 Å². The van der Waals surface area contributed by atoms with Gasteiger partial charge in [0.2, 0.25) is 0 Å². The first-order chi connectivity index (χ1) is 9.52.